The van der Waals surface area contributed by atoms with E-state index in [0.29, 0.717) is 0 Å². The third-order valence-corrected chi connectivity index (χ3v) is 2.87. The molecule has 2 N–H and O–H groups in total. The predicted octanol–water partition coefficient (Wildman–Crippen LogP) is 3.19. The van der Waals surface area contributed by atoms with Gasteiger partial charge in [0.1, 0.15) is 0 Å². The van der Waals surface area contributed by atoms with Crippen LogP contribution in [0.5, 0.6) is 0 Å². The van der Waals surface area contributed by atoms with Crippen LogP contribution in [-0.2, 0) is 6.54 Å². The molecule has 0 aliphatic carbocycles. The fraction of sp³-hybridized carbons (Fsp3) is 0.143. The van der Waals surface area contributed by atoms with E-state index in [9.17, 15) is 8.78 Å². The summed E-state index contributed by atoms with van der Waals surface area (Å²) in [5, 5.41) is 0. The van der Waals surface area contributed by atoms with Crippen molar-refractivity contribution in [2.75, 3.05) is 11.9 Å². The molecule has 0 aliphatic heterocycles. The molecule has 0 aromatic heterocycles. The molecule has 0 heterocycles. The fourth-order valence-corrected chi connectivity index (χ4v) is 1.79. The van der Waals surface area contributed by atoms with Crippen LogP contribution >= 0.6 is 0 Å². The summed E-state index contributed by atoms with van der Waals surface area (Å²) in [5.41, 5.74) is 6.49. The van der Waals surface area contributed by atoms with Crippen LogP contribution in [0, 0.1) is 11.6 Å². The summed E-state index contributed by atoms with van der Waals surface area (Å²) in [6, 6.07) is 12.2. The zero-order valence-corrected chi connectivity index (χ0v) is 10.0. The Balaban J connectivity index is 2.43. The van der Waals surface area contributed by atoms with E-state index in [1.807, 2.05) is 30.3 Å². The van der Waals surface area contributed by atoms with E-state index in [2.05, 4.69) is 0 Å². The summed E-state index contributed by atoms with van der Waals surface area (Å²) in [7, 11) is 1.69. The molecule has 94 valence electrons. The molecule has 0 saturated carbocycles. The van der Waals surface area contributed by atoms with Crippen molar-refractivity contribution in [3.05, 3.63) is 59.7 Å². The smallest absolute Gasteiger partial charge is 0.182 e. The molecule has 2 aromatic rings. The van der Waals surface area contributed by atoms with Crippen LogP contribution in [0.25, 0.3) is 0 Å². The topological polar surface area (TPSA) is 29.3 Å². The van der Waals surface area contributed by atoms with E-state index in [4.69, 9.17) is 5.73 Å². The molecule has 0 atom stereocenters. The lowest BCUT2D eigenvalue weighted by atomic mass is 10.1. The lowest BCUT2D eigenvalue weighted by Gasteiger charge is -2.20. The van der Waals surface area contributed by atoms with Gasteiger partial charge < -0.3 is 10.6 Å². The molecule has 2 rings (SSSR count). The lowest BCUT2D eigenvalue weighted by molar-refractivity contribution is 0.500. The molecular weight excluding hydrogens is 234 g/mol. The second-order valence-corrected chi connectivity index (χ2v) is 3.97. The molecule has 0 radical (unpaired) electrons. The number of halogens is 2. The Bertz CT molecular complexity index is 541. The number of hydrogen-bond donors (Lipinski definition) is 1. The third-order valence-electron chi connectivity index (χ3n) is 2.87. The summed E-state index contributed by atoms with van der Waals surface area (Å²) in [6.07, 6.45) is 0. The van der Waals surface area contributed by atoms with Gasteiger partial charge in [0.2, 0.25) is 0 Å². The van der Waals surface area contributed by atoms with Crippen molar-refractivity contribution < 1.29 is 8.78 Å². The Labute approximate surface area is 105 Å². The van der Waals surface area contributed by atoms with E-state index in [0.717, 1.165) is 5.69 Å². The van der Waals surface area contributed by atoms with Gasteiger partial charge in [-0.25, -0.2) is 8.78 Å². The highest BCUT2D eigenvalue weighted by atomic mass is 19.2. The van der Waals surface area contributed by atoms with E-state index in [1.54, 1.807) is 11.9 Å². The highest BCUT2D eigenvalue weighted by Gasteiger charge is 2.16. The zero-order chi connectivity index (χ0) is 13.1. The Morgan fingerprint density at radius 1 is 1.00 bits per heavy atom. The maximum absolute atomic E-state index is 13.9. The Hall–Kier alpha value is -1.94. The van der Waals surface area contributed by atoms with E-state index >= 15 is 0 Å². The van der Waals surface area contributed by atoms with Gasteiger partial charge in [0, 0.05) is 24.8 Å². The predicted molar refractivity (Wildman–Crippen MR) is 68.8 cm³/mol. The van der Waals surface area contributed by atoms with Crippen molar-refractivity contribution in [1.29, 1.82) is 0 Å². The van der Waals surface area contributed by atoms with Gasteiger partial charge in [0.25, 0.3) is 0 Å². The zero-order valence-electron chi connectivity index (χ0n) is 10.0. The molecule has 0 saturated heterocycles. The second-order valence-electron chi connectivity index (χ2n) is 3.97. The van der Waals surface area contributed by atoms with Crippen LogP contribution in [0.15, 0.2) is 42.5 Å². The second kappa shape index (κ2) is 5.14. The van der Waals surface area contributed by atoms with Gasteiger partial charge in [-0.15, -0.1) is 0 Å². The van der Waals surface area contributed by atoms with Crippen molar-refractivity contribution in [3.8, 4) is 0 Å². The molecule has 4 heteroatoms. The number of nitrogens with zero attached hydrogens (tertiary/aromatic N) is 1. The first kappa shape index (κ1) is 12.5. The van der Waals surface area contributed by atoms with Crippen molar-refractivity contribution >= 4 is 11.4 Å². The standard InChI is InChI=1S/C14H14F2N2/c1-18(11-5-3-2-4-6-11)12-8-7-10(9-17)13(15)14(12)16/h2-8H,9,17H2,1H3. The highest BCUT2D eigenvalue weighted by Crippen LogP contribution is 2.28. The van der Waals surface area contributed by atoms with E-state index < -0.39 is 11.6 Å². The summed E-state index contributed by atoms with van der Waals surface area (Å²) in [5.74, 6) is -1.75. The van der Waals surface area contributed by atoms with Gasteiger partial charge in [-0.1, -0.05) is 24.3 Å². The van der Waals surface area contributed by atoms with Gasteiger partial charge in [-0.3, -0.25) is 0 Å². The molecule has 0 fully saturated rings. The molecule has 0 spiro atoms. The largest absolute Gasteiger partial charge is 0.342 e. The molecule has 0 bridgehead atoms. The Kier molecular flexibility index (Phi) is 3.58. The van der Waals surface area contributed by atoms with E-state index in [1.165, 1.54) is 12.1 Å². The Morgan fingerprint density at radius 3 is 2.28 bits per heavy atom. The molecule has 2 nitrogen and oxygen atoms in total. The third kappa shape index (κ3) is 2.19. The minimum atomic E-state index is -0.877. The Morgan fingerprint density at radius 2 is 1.67 bits per heavy atom. The monoisotopic (exact) mass is 248 g/mol. The summed E-state index contributed by atoms with van der Waals surface area (Å²) in [6.45, 7) is -0.0158. The lowest BCUT2D eigenvalue weighted by Crippen LogP contribution is -2.13. The van der Waals surface area contributed by atoms with Crippen LogP contribution in [0.4, 0.5) is 20.2 Å². The maximum Gasteiger partial charge on any atom is 0.182 e. The number of hydrogen-bond acceptors (Lipinski definition) is 2. The molecule has 0 unspecified atom stereocenters. The summed E-state index contributed by atoms with van der Waals surface area (Å²) < 4.78 is 27.6. The summed E-state index contributed by atoms with van der Waals surface area (Å²) in [4.78, 5) is 1.60. The number of benzene rings is 2. The van der Waals surface area contributed by atoms with Gasteiger partial charge in [-0.2, -0.15) is 0 Å². The summed E-state index contributed by atoms with van der Waals surface area (Å²) >= 11 is 0. The average molecular weight is 248 g/mol. The van der Waals surface area contributed by atoms with Gasteiger partial charge in [0.05, 0.1) is 5.69 Å². The van der Waals surface area contributed by atoms with Crippen LogP contribution in [0.3, 0.4) is 0 Å². The SMILES string of the molecule is CN(c1ccccc1)c1ccc(CN)c(F)c1F. The average Bonchev–Trinajstić information content (AvgIpc) is 2.42. The van der Waals surface area contributed by atoms with Crippen LogP contribution in [-0.4, -0.2) is 7.05 Å². The van der Waals surface area contributed by atoms with Gasteiger partial charge in [0.15, 0.2) is 11.6 Å². The van der Waals surface area contributed by atoms with Crippen LogP contribution < -0.4 is 10.6 Å². The molecule has 0 amide bonds. The highest BCUT2D eigenvalue weighted by molar-refractivity contribution is 5.63. The first-order valence-electron chi connectivity index (χ1n) is 5.61. The number of rotatable bonds is 3. The number of nitrogens with two attached hydrogens (primary N) is 1. The molecule has 2 aromatic carbocycles. The first-order chi connectivity index (χ1) is 8.65. The normalized spacial score (nSPS) is 10.4. The van der Waals surface area contributed by atoms with Crippen molar-refractivity contribution in [2.24, 2.45) is 5.73 Å². The number of para-hydroxylation sites is 1. The van der Waals surface area contributed by atoms with Crippen molar-refractivity contribution in [3.63, 3.8) is 0 Å². The first-order valence-corrected chi connectivity index (χ1v) is 5.61. The molecular formula is C14H14F2N2. The minimum Gasteiger partial charge on any atom is -0.342 e. The van der Waals surface area contributed by atoms with Crippen LogP contribution in [0.1, 0.15) is 5.56 Å². The van der Waals surface area contributed by atoms with Crippen LogP contribution in [0.2, 0.25) is 0 Å². The van der Waals surface area contributed by atoms with E-state index in [-0.39, 0.29) is 17.8 Å². The molecule has 18 heavy (non-hydrogen) atoms. The van der Waals surface area contributed by atoms with Gasteiger partial charge >= 0.3 is 0 Å². The van der Waals surface area contributed by atoms with Crippen molar-refractivity contribution in [2.45, 2.75) is 6.54 Å². The quantitative estimate of drug-likeness (QED) is 0.903. The van der Waals surface area contributed by atoms with Gasteiger partial charge in [-0.05, 0) is 18.2 Å². The number of anilines is 2. The minimum absolute atomic E-state index is 0.0158. The van der Waals surface area contributed by atoms with Crippen molar-refractivity contribution in [1.82, 2.24) is 0 Å². The maximum atomic E-state index is 13.9. The fourth-order valence-electron chi connectivity index (χ4n) is 1.79. The molecule has 0 aliphatic rings.